The van der Waals surface area contributed by atoms with Crippen molar-refractivity contribution in [3.63, 3.8) is 0 Å². The molecule has 0 aliphatic carbocycles. The number of nitrogens with zero attached hydrogens (tertiary/aromatic N) is 3. The average molecular weight is 503 g/mol. The molecule has 2 heterocycles. The van der Waals surface area contributed by atoms with Crippen LogP contribution in [0.15, 0.2) is 72.3 Å². The molecule has 180 valence electrons. The molecule has 1 saturated heterocycles. The monoisotopic (exact) mass is 503 g/mol. The second-order valence-electron chi connectivity index (χ2n) is 7.89. The number of carbonyl (C=O) groups is 2. The van der Waals surface area contributed by atoms with Crippen molar-refractivity contribution in [3.8, 4) is 11.5 Å². The third-order valence-electron chi connectivity index (χ3n) is 5.80. The highest BCUT2D eigenvalue weighted by atomic mass is 32.1. The van der Waals surface area contributed by atoms with Crippen molar-refractivity contribution >= 4 is 49.8 Å². The van der Waals surface area contributed by atoms with E-state index < -0.39 is 28.4 Å². The van der Waals surface area contributed by atoms with Crippen molar-refractivity contribution < 1.29 is 29.5 Å². The number of aromatic nitrogens is 1. The van der Waals surface area contributed by atoms with Crippen molar-refractivity contribution in [2.45, 2.75) is 6.04 Å². The van der Waals surface area contributed by atoms with Gasteiger partial charge in [-0.3, -0.25) is 24.6 Å². The summed E-state index contributed by atoms with van der Waals surface area (Å²) in [6.07, 6.45) is 0. The first-order valence-corrected chi connectivity index (χ1v) is 11.4. The minimum absolute atomic E-state index is 0.0156. The van der Waals surface area contributed by atoms with Gasteiger partial charge in [-0.1, -0.05) is 23.5 Å². The molecule has 10 nitrogen and oxygen atoms in total. The minimum Gasteiger partial charge on any atom is -0.508 e. The number of phenolic OH excluding ortho intramolecular Hbond substituents is 1. The van der Waals surface area contributed by atoms with Crippen LogP contribution in [0.25, 0.3) is 16.0 Å². The van der Waals surface area contributed by atoms with Crippen LogP contribution < -0.4 is 9.64 Å². The van der Waals surface area contributed by atoms with Gasteiger partial charge in [-0.05, 0) is 48.0 Å². The molecule has 36 heavy (non-hydrogen) atoms. The Labute approximate surface area is 207 Å². The number of Topliss-reactive ketones (excluding diaryl/α,β-unsaturated/α-hetero) is 1. The Morgan fingerprint density at radius 1 is 1.08 bits per heavy atom. The fourth-order valence-electron chi connectivity index (χ4n) is 4.02. The van der Waals surface area contributed by atoms with E-state index in [1.54, 1.807) is 30.3 Å². The van der Waals surface area contributed by atoms with Crippen LogP contribution >= 0.6 is 11.3 Å². The Balaban J connectivity index is 1.69. The second-order valence-corrected chi connectivity index (χ2v) is 8.90. The average Bonchev–Trinajstić information content (AvgIpc) is 3.41. The van der Waals surface area contributed by atoms with Crippen LogP contribution in [0, 0.1) is 10.1 Å². The van der Waals surface area contributed by atoms with E-state index in [0.717, 1.165) is 4.70 Å². The lowest BCUT2D eigenvalue weighted by molar-refractivity contribution is -0.384. The number of amides is 1. The molecule has 1 amide bonds. The van der Waals surface area contributed by atoms with Gasteiger partial charge in [0.2, 0.25) is 0 Å². The summed E-state index contributed by atoms with van der Waals surface area (Å²) in [5, 5.41) is 32.1. The zero-order valence-corrected chi connectivity index (χ0v) is 19.4. The molecule has 1 unspecified atom stereocenters. The maximum absolute atomic E-state index is 13.3. The van der Waals surface area contributed by atoms with Gasteiger partial charge in [0.15, 0.2) is 5.13 Å². The van der Waals surface area contributed by atoms with Crippen LogP contribution in [0.2, 0.25) is 0 Å². The number of nitro groups is 1. The van der Waals surface area contributed by atoms with Crippen molar-refractivity contribution in [1.29, 1.82) is 0 Å². The lowest BCUT2D eigenvalue weighted by atomic mass is 9.95. The zero-order valence-electron chi connectivity index (χ0n) is 18.6. The van der Waals surface area contributed by atoms with Gasteiger partial charge < -0.3 is 14.9 Å². The number of thiazole rings is 1. The Hall–Kier alpha value is -4.77. The van der Waals surface area contributed by atoms with Gasteiger partial charge in [0.05, 0.1) is 33.9 Å². The number of fused-ring (bicyclic) bond motifs is 1. The van der Waals surface area contributed by atoms with E-state index in [2.05, 4.69) is 4.98 Å². The molecule has 5 rings (SSSR count). The van der Waals surface area contributed by atoms with E-state index in [-0.39, 0.29) is 27.7 Å². The number of aliphatic hydroxyl groups excluding tert-OH is 1. The Morgan fingerprint density at radius 2 is 1.78 bits per heavy atom. The van der Waals surface area contributed by atoms with Crippen LogP contribution in [0.5, 0.6) is 11.5 Å². The smallest absolute Gasteiger partial charge is 0.301 e. The highest BCUT2D eigenvalue weighted by Crippen LogP contribution is 2.44. The molecule has 1 atom stereocenters. The predicted octanol–water partition coefficient (Wildman–Crippen LogP) is 4.55. The molecule has 11 heteroatoms. The first-order chi connectivity index (χ1) is 17.3. The summed E-state index contributed by atoms with van der Waals surface area (Å²) in [6.45, 7) is 0. The first kappa shape index (κ1) is 23.0. The van der Waals surface area contributed by atoms with Crippen LogP contribution in [0.3, 0.4) is 0 Å². The summed E-state index contributed by atoms with van der Waals surface area (Å²) in [4.78, 5) is 42.7. The Morgan fingerprint density at radius 3 is 2.42 bits per heavy atom. The standard InChI is InChI=1S/C25H17N3O7S/c1-35-17-10-11-18-19(12-17)36-25(26-18)27-21(13-4-8-16(29)9-5-13)20(23(31)24(27)32)22(30)14-2-6-15(7-3-14)28(33)34/h2-12,21,29-30H,1H3/b22-20+. The van der Waals surface area contributed by atoms with E-state index >= 15 is 0 Å². The quantitative estimate of drug-likeness (QED) is 0.133. The topological polar surface area (TPSA) is 143 Å². The fraction of sp³-hybridized carbons (Fsp3) is 0.0800. The summed E-state index contributed by atoms with van der Waals surface area (Å²) in [7, 11) is 1.53. The number of carbonyl (C=O) groups excluding carboxylic acids is 2. The molecule has 4 aromatic rings. The summed E-state index contributed by atoms with van der Waals surface area (Å²) in [6, 6.07) is 15.1. The van der Waals surface area contributed by atoms with Crippen molar-refractivity contribution in [2.24, 2.45) is 0 Å². The number of ether oxygens (including phenoxy) is 1. The summed E-state index contributed by atoms with van der Waals surface area (Å²) < 4.78 is 5.98. The molecule has 0 radical (unpaired) electrons. The van der Waals surface area contributed by atoms with E-state index in [1.165, 1.54) is 59.7 Å². The molecule has 1 fully saturated rings. The van der Waals surface area contributed by atoms with E-state index in [0.29, 0.717) is 16.8 Å². The summed E-state index contributed by atoms with van der Waals surface area (Å²) >= 11 is 1.18. The Kier molecular flexibility index (Phi) is 5.61. The lowest BCUT2D eigenvalue weighted by Crippen LogP contribution is -2.29. The normalized spacial score (nSPS) is 17.0. The van der Waals surface area contributed by atoms with Gasteiger partial charge in [-0.2, -0.15) is 0 Å². The number of ketones is 1. The molecule has 3 aromatic carbocycles. The molecular formula is C25H17N3O7S. The molecule has 2 N–H and O–H groups in total. The van der Waals surface area contributed by atoms with E-state index in [4.69, 9.17) is 4.74 Å². The van der Waals surface area contributed by atoms with Gasteiger partial charge >= 0.3 is 5.91 Å². The lowest BCUT2D eigenvalue weighted by Gasteiger charge is -2.23. The van der Waals surface area contributed by atoms with Gasteiger partial charge in [0, 0.05) is 17.7 Å². The maximum atomic E-state index is 13.3. The predicted molar refractivity (Wildman–Crippen MR) is 132 cm³/mol. The van der Waals surface area contributed by atoms with Crippen LogP contribution in [0.1, 0.15) is 17.2 Å². The highest BCUT2D eigenvalue weighted by Gasteiger charge is 2.48. The molecule has 1 aliphatic heterocycles. The largest absolute Gasteiger partial charge is 0.508 e. The van der Waals surface area contributed by atoms with Gasteiger partial charge in [-0.15, -0.1) is 0 Å². The summed E-state index contributed by atoms with van der Waals surface area (Å²) in [5.74, 6) is -1.71. The minimum atomic E-state index is -1.05. The van der Waals surface area contributed by atoms with Crippen molar-refractivity contribution in [3.05, 3.63) is 93.5 Å². The number of non-ortho nitro benzene ring substituents is 1. The van der Waals surface area contributed by atoms with Crippen LogP contribution in [-0.4, -0.2) is 38.9 Å². The van der Waals surface area contributed by atoms with Crippen LogP contribution in [-0.2, 0) is 9.59 Å². The van der Waals surface area contributed by atoms with E-state index in [9.17, 15) is 29.9 Å². The van der Waals surface area contributed by atoms with Gasteiger partial charge in [0.25, 0.3) is 11.5 Å². The summed E-state index contributed by atoms with van der Waals surface area (Å²) in [5.41, 5.74) is 0.796. The number of benzene rings is 3. The third-order valence-corrected chi connectivity index (χ3v) is 6.81. The molecule has 0 bridgehead atoms. The number of nitro benzene ring substituents is 1. The van der Waals surface area contributed by atoms with Crippen LogP contribution in [0.4, 0.5) is 10.8 Å². The third kappa shape index (κ3) is 3.81. The molecule has 1 aliphatic rings. The number of aromatic hydroxyl groups is 1. The van der Waals surface area contributed by atoms with Gasteiger partial charge in [-0.25, -0.2) is 4.98 Å². The van der Waals surface area contributed by atoms with Gasteiger partial charge in [0.1, 0.15) is 17.3 Å². The number of hydrogen-bond donors (Lipinski definition) is 2. The number of aliphatic hydroxyl groups is 1. The molecular weight excluding hydrogens is 486 g/mol. The molecule has 0 saturated carbocycles. The van der Waals surface area contributed by atoms with E-state index in [1.807, 2.05) is 0 Å². The Bertz CT molecular complexity index is 1560. The first-order valence-electron chi connectivity index (χ1n) is 10.6. The zero-order chi connectivity index (χ0) is 25.6. The number of anilines is 1. The van der Waals surface area contributed by atoms with Crippen molar-refractivity contribution in [1.82, 2.24) is 4.98 Å². The SMILES string of the molecule is COc1ccc2nc(N3C(=O)C(=O)/C(=C(/O)c4ccc([N+](=O)[O-])cc4)C3c3ccc(O)cc3)sc2c1. The number of rotatable bonds is 5. The number of hydrogen-bond acceptors (Lipinski definition) is 9. The second kappa shape index (κ2) is 8.78. The van der Waals surface area contributed by atoms with Crippen molar-refractivity contribution in [2.75, 3.05) is 12.0 Å². The number of methoxy groups -OCH3 is 1. The fourth-order valence-corrected chi connectivity index (χ4v) is 5.04. The highest BCUT2D eigenvalue weighted by molar-refractivity contribution is 7.22. The molecule has 1 aromatic heterocycles. The number of phenols is 1. The maximum Gasteiger partial charge on any atom is 0.301 e. The molecule has 0 spiro atoms.